The molecule has 0 bridgehead atoms. The molecule has 2 aromatic carbocycles. The molecular weight excluding hydrogens is 268 g/mol. The zero-order chi connectivity index (χ0) is 15.2. The second-order valence-electron chi connectivity index (χ2n) is 4.54. The first kappa shape index (κ1) is 14.8. The second kappa shape index (κ2) is 6.70. The SMILES string of the molecule is COc1ccc(C=CCc2ccc(O)c(OC)c2)c(O)c1. The molecule has 0 aliphatic rings. The number of hydrogen-bond acceptors (Lipinski definition) is 4. The van der Waals surface area contributed by atoms with Crippen LogP contribution < -0.4 is 9.47 Å². The number of aromatic hydroxyl groups is 2. The van der Waals surface area contributed by atoms with Gasteiger partial charge in [-0.25, -0.2) is 0 Å². The Bertz CT molecular complexity index is 647. The van der Waals surface area contributed by atoms with Crippen LogP contribution in [0.4, 0.5) is 0 Å². The first-order valence-electron chi connectivity index (χ1n) is 6.53. The standard InChI is InChI=1S/C17H18O4/c1-20-14-8-7-13(16(19)11-14)5-3-4-12-6-9-15(18)17(10-12)21-2/h3,5-11,18-19H,4H2,1-2H3. The van der Waals surface area contributed by atoms with Crippen molar-refractivity contribution < 1.29 is 19.7 Å². The molecule has 2 rings (SSSR count). The van der Waals surface area contributed by atoms with Gasteiger partial charge in [0.1, 0.15) is 11.5 Å². The maximum absolute atomic E-state index is 9.85. The molecule has 2 N–H and O–H groups in total. The number of benzene rings is 2. The van der Waals surface area contributed by atoms with Gasteiger partial charge in [0.05, 0.1) is 14.2 Å². The molecule has 0 radical (unpaired) electrons. The minimum atomic E-state index is 0.123. The average Bonchev–Trinajstić information content (AvgIpc) is 2.50. The molecular formula is C17H18O4. The van der Waals surface area contributed by atoms with Gasteiger partial charge in [0, 0.05) is 11.6 Å². The summed E-state index contributed by atoms with van der Waals surface area (Å²) in [6, 6.07) is 10.4. The predicted octanol–water partition coefficient (Wildman–Crippen LogP) is 3.37. The number of ether oxygens (including phenoxy) is 2. The van der Waals surface area contributed by atoms with Crippen molar-refractivity contribution in [2.24, 2.45) is 0 Å². The number of allylic oxidation sites excluding steroid dienone is 1. The molecule has 0 fully saturated rings. The predicted molar refractivity (Wildman–Crippen MR) is 82.1 cm³/mol. The van der Waals surface area contributed by atoms with Crippen LogP contribution in [0.15, 0.2) is 42.5 Å². The molecule has 0 aliphatic carbocycles. The van der Waals surface area contributed by atoms with Gasteiger partial charge in [-0.2, -0.15) is 0 Å². The number of hydrogen-bond donors (Lipinski definition) is 2. The van der Waals surface area contributed by atoms with Crippen molar-refractivity contribution in [3.8, 4) is 23.0 Å². The molecule has 0 spiro atoms. The molecule has 21 heavy (non-hydrogen) atoms. The highest BCUT2D eigenvalue weighted by Gasteiger charge is 2.02. The summed E-state index contributed by atoms with van der Waals surface area (Å²) in [5, 5.41) is 19.4. The molecule has 0 saturated heterocycles. The van der Waals surface area contributed by atoms with Crippen LogP contribution in [-0.2, 0) is 6.42 Å². The fraction of sp³-hybridized carbons (Fsp3) is 0.176. The van der Waals surface area contributed by atoms with Gasteiger partial charge in [-0.05, 0) is 36.2 Å². The Hall–Kier alpha value is -2.62. The van der Waals surface area contributed by atoms with Crippen molar-refractivity contribution >= 4 is 6.08 Å². The molecule has 0 atom stereocenters. The van der Waals surface area contributed by atoms with Gasteiger partial charge >= 0.3 is 0 Å². The molecule has 0 aliphatic heterocycles. The van der Waals surface area contributed by atoms with E-state index >= 15 is 0 Å². The van der Waals surface area contributed by atoms with E-state index in [2.05, 4.69) is 0 Å². The summed E-state index contributed by atoms with van der Waals surface area (Å²) in [6.45, 7) is 0. The van der Waals surface area contributed by atoms with Crippen molar-refractivity contribution in [1.29, 1.82) is 0 Å². The van der Waals surface area contributed by atoms with Gasteiger partial charge in [-0.1, -0.05) is 18.2 Å². The highest BCUT2D eigenvalue weighted by molar-refractivity contribution is 5.59. The summed E-state index contributed by atoms with van der Waals surface area (Å²) < 4.78 is 10.1. The van der Waals surface area contributed by atoms with Gasteiger partial charge in [0.25, 0.3) is 0 Å². The zero-order valence-electron chi connectivity index (χ0n) is 12.0. The molecule has 4 nitrogen and oxygen atoms in total. The monoisotopic (exact) mass is 286 g/mol. The van der Waals surface area contributed by atoms with Crippen molar-refractivity contribution in [3.05, 3.63) is 53.6 Å². The van der Waals surface area contributed by atoms with Crippen LogP contribution in [0.25, 0.3) is 6.08 Å². The van der Waals surface area contributed by atoms with Crippen molar-refractivity contribution in [2.75, 3.05) is 14.2 Å². The molecule has 0 saturated carbocycles. The summed E-state index contributed by atoms with van der Waals surface area (Å²) in [7, 11) is 3.08. The lowest BCUT2D eigenvalue weighted by molar-refractivity contribution is 0.373. The van der Waals surface area contributed by atoms with E-state index in [4.69, 9.17) is 9.47 Å². The Kier molecular flexibility index (Phi) is 4.72. The third-order valence-corrected chi connectivity index (χ3v) is 3.13. The number of rotatable bonds is 5. The summed E-state index contributed by atoms with van der Waals surface area (Å²) in [4.78, 5) is 0. The zero-order valence-corrected chi connectivity index (χ0v) is 12.0. The van der Waals surface area contributed by atoms with Crippen LogP contribution in [-0.4, -0.2) is 24.4 Å². The molecule has 4 heteroatoms. The molecule has 0 aromatic heterocycles. The van der Waals surface area contributed by atoms with Gasteiger partial charge in [0.2, 0.25) is 0 Å². The molecule has 110 valence electrons. The number of phenols is 2. The Morgan fingerprint density at radius 3 is 2.43 bits per heavy atom. The van der Waals surface area contributed by atoms with E-state index in [1.807, 2.05) is 18.2 Å². The quantitative estimate of drug-likeness (QED) is 0.884. The first-order chi connectivity index (χ1) is 10.1. The highest BCUT2D eigenvalue weighted by atomic mass is 16.5. The minimum Gasteiger partial charge on any atom is -0.507 e. The topological polar surface area (TPSA) is 58.9 Å². The summed E-state index contributed by atoms with van der Waals surface area (Å²) >= 11 is 0. The third-order valence-electron chi connectivity index (χ3n) is 3.13. The van der Waals surface area contributed by atoms with E-state index in [1.54, 1.807) is 37.4 Å². The van der Waals surface area contributed by atoms with Crippen LogP contribution >= 0.6 is 0 Å². The smallest absolute Gasteiger partial charge is 0.160 e. The average molecular weight is 286 g/mol. The molecule has 0 heterocycles. The van der Waals surface area contributed by atoms with Crippen LogP contribution in [0.1, 0.15) is 11.1 Å². The third kappa shape index (κ3) is 3.69. The van der Waals surface area contributed by atoms with Crippen LogP contribution in [0, 0.1) is 0 Å². The fourth-order valence-corrected chi connectivity index (χ4v) is 1.96. The largest absolute Gasteiger partial charge is 0.507 e. The summed E-state index contributed by atoms with van der Waals surface area (Å²) in [5.74, 6) is 1.37. The minimum absolute atomic E-state index is 0.123. The first-order valence-corrected chi connectivity index (χ1v) is 6.53. The maximum Gasteiger partial charge on any atom is 0.160 e. The molecule has 2 aromatic rings. The van der Waals surface area contributed by atoms with Crippen LogP contribution in [0.2, 0.25) is 0 Å². The lowest BCUT2D eigenvalue weighted by Crippen LogP contribution is -1.87. The fourth-order valence-electron chi connectivity index (χ4n) is 1.96. The van der Waals surface area contributed by atoms with E-state index in [-0.39, 0.29) is 11.5 Å². The van der Waals surface area contributed by atoms with Gasteiger partial charge in [-0.15, -0.1) is 0 Å². The maximum atomic E-state index is 9.85. The Labute approximate surface area is 123 Å². The molecule has 0 amide bonds. The van der Waals surface area contributed by atoms with Gasteiger partial charge < -0.3 is 19.7 Å². The van der Waals surface area contributed by atoms with Crippen molar-refractivity contribution in [1.82, 2.24) is 0 Å². The normalized spacial score (nSPS) is 10.8. The van der Waals surface area contributed by atoms with Gasteiger partial charge in [-0.3, -0.25) is 0 Å². The lowest BCUT2D eigenvalue weighted by atomic mass is 10.1. The summed E-state index contributed by atoms with van der Waals surface area (Å²) in [5.41, 5.74) is 1.73. The van der Waals surface area contributed by atoms with Crippen LogP contribution in [0.3, 0.4) is 0 Å². The number of phenolic OH excluding ortho intramolecular Hbond substituents is 2. The second-order valence-corrected chi connectivity index (χ2v) is 4.54. The Balaban J connectivity index is 2.09. The van der Waals surface area contributed by atoms with Crippen molar-refractivity contribution in [2.45, 2.75) is 6.42 Å². The Morgan fingerprint density at radius 1 is 0.952 bits per heavy atom. The van der Waals surface area contributed by atoms with E-state index in [0.29, 0.717) is 17.9 Å². The highest BCUT2D eigenvalue weighted by Crippen LogP contribution is 2.27. The van der Waals surface area contributed by atoms with E-state index in [9.17, 15) is 10.2 Å². The van der Waals surface area contributed by atoms with E-state index in [0.717, 1.165) is 11.1 Å². The summed E-state index contributed by atoms with van der Waals surface area (Å²) in [6.07, 6.45) is 4.45. The Morgan fingerprint density at radius 2 is 1.76 bits per heavy atom. The van der Waals surface area contributed by atoms with Crippen molar-refractivity contribution in [3.63, 3.8) is 0 Å². The van der Waals surface area contributed by atoms with E-state index < -0.39 is 0 Å². The molecule has 0 unspecified atom stereocenters. The number of methoxy groups -OCH3 is 2. The van der Waals surface area contributed by atoms with E-state index in [1.165, 1.54) is 7.11 Å². The lowest BCUT2D eigenvalue weighted by Gasteiger charge is -2.05. The van der Waals surface area contributed by atoms with Crippen LogP contribution in [0.5, 0.6) is 23.0 Å². The van der Waals surface area contributed by atoms with Gasteiger partial charge in [0.15, 0.2) is 11.5 Å².